The van der Waals surface area contributed by atoms with Crippen molar-refractivity contribution in [3.63, 3.8) is 0 Å². The second-order valence-corrected chi connectivity index (χ2v) is 2.19. The molecule has 0 radical (unpaired) electrons. The van der Waals surface area contributed by atoms with Crippen molar-refractivity contribution in [2.75, 3.05) is 0 Å². The summed E-state index contributed by atoms with van der Waals surface area (Å²) in [6.07, 6.45) is 0. The second kappa shape index (κ2) is 5.24. The molecule has 0 bridgehead atoms. The molecule has 0 saturated heterocycles. The van der Waals surface area contributed by atoms with Crippen LogP contribution in [0, 0.1) is 22.9 Å². The highest BCUT2D eigenvalue weighted by Gasteiger charge is 2.09. The van der Waals surface area contributed by atoms with Gasteiger partial charge in [0, 0.05) is 11.6 Å². The first kappa shape index (κ1) is 11.6. The zero-order valence-corrected chi connectivity index (χ0v) is 7.87. The van der Waals surface area contributed by atoms with Crippen LogP contribution >= 0.6 is 0 Å². The molecule has 0 heterocycles. The third-order valence-electron chi connectivity index (χ3n) is 1.36. The average molecular weight is 185 g/mol. The SMILES string of the molecule is CC.Cc1cc(F)ccc1[N+](=O)[O-]. The van der Waals surface area contributed by atoms with E-state index in [1.807, 2.05) is 13.8 Å². The highest BCUT2D eigenvalue weighted by atomic mass is 19.1. The predicted octanol–water partition coefficient (Wildman–Crippen LogP) is 3.07. The van der Waals surface area contributed by atoms with E-state index in [4.69, 9.17) is 0 Å². The van der Waals surface area contributed by atoms with Gasteiger partial charge in [-0.25, -0.2) is 4.39 Å². The van der Waals surface area contributed by atoms with Crippen molar-refractivity contribution in [2.24, 2.45) is 0 Å². The first-order chi connectivity index (χ1) is 6.11. The van der Waals surface area contributed by atoms with Gasteiger partial charge in [0.05, 0.1) is 4.92 Å². The molecule has 0 spiro atoms. The summed E-state index contributed by atoms with van der Waals surface area (Å²) in [6.45, 7) is 5.50. The van der Waals surface area contributed by atoms with Gasteiger partial charge in [0.25, 0.3) is 5.69 Å². The molecule has 1 aromatic carbocycles. The predicted molar refractivity (Wildman–Crippen MR) is 49.1 cm³/mol. The summed E-state index contributed by atoms with van der Waals surface area (Å²) in [4.78, 5) is 9.68. The van der Waals surface area contributed by atoms with Gasteiger partial charge >= 0.3 is 0 Å². The van der Waals surface area contributed by atoms with Crippen molar-refractivity contribution in [1.82, 2.24) is 0 Å². The topological polar surface area (TPSA) is 43.1 Å². The molecule has 13 heavy (non-hydrogen) atoms. The highest BCUT2D eigenvalue weighted by Crippen LogP contribution is 2.17. The Bertz CT molecular complexity index is 300. The lowest BCUT2D eigenvalue weighted by Crippen LogP contribution is -1.91. The number of nitrogens with zero attached hydrogens (tertiary/aromatic N) is 1. The molecule has 0 aliphatic rings. The Morgan fingerprint density at radius 2 is 1.92 bits per heavy atom. The summed E-state index contributed by atoms with van der Waals surface area (Å²) in [5, 5.41) is 10.2. The highest BCUT2D eigenvalue weighted by molar-refractivity contribution is 5.38. The first-order valence-corrected chi connectivity index (χ1v) is 4.02. The largest absolute Gasteiger partial charge is 0.272 e. The van der Waals surface area contributed by atoms with Gasteiger partial charge in [-0.05, 0) is 19.1 Å². The number of nitro benzene ring substituents is 1. The molecule has 3 nitrogen and oxygen atoms in total. The third-order valence-corrected chi connectivity index (χ3v) is 1.36. The van der Waals surface area contributed by atoms with Crippen molar-refractivity contribution in [3.8, 4) is 0 Å². The van der Waals surface area contributed by atoms with Crippen LogP contribution in [0.5, 0.6) is 0 Å². The van der Waals surface area contributed by atoms with Crippen LogP contribution in [-0.4, -0.2) is 4.92 Å². The Hall–Kier alpha value is -1.45. The number of aryl methyl sites for hydroxylation is 1. The van der Waals surface area contributed by atoms with Crippen molar-refractivity contribution in [1.29, 1.82) is 0 Å². The normalized spacial score (nSPS) is 8.62. The Morgan fingerprint density at radius 3 is 2.31 bits per heavy atom. The van der Waals surface area contributed by atoms with E-state index in [1.54, 1.807) is 0 Å². The fourth-order valence-corrected chi connectivity index (χ4v) is 0.824. The molecule has 0 amide bonds. The zero-order valence-electron chi connectivity index (χ0n) is 7.87. The molecule has 0 fully saturated rings. The van der Waals surface area contributed by atoms with Crippen LogP contribution < -0.4 is 0 Å². The van der Waals surface area contributed by atoms with Crippen LogP contribution in [0.1, 0.15) is 19.4 Å². The van der Waals surface area contributed by atoms with E-state index in [9.17, 15) is 14.5 Å². The van der Waals surface area contributed by atoms with Crippen LogP contribution in [0.4, 0.5) is 10.1 Å². The van der Waals surface area contributed by atoms with E-state index < -0.39 is 10.7 Å². The molecule has 0 unspecified atom stereocenters. The minimum atomic E-state index is -0.533. The van der Waals surface area contributed by atoms with Crippen LogP contribution in [0.25, 0.3) is 0 Å². The number of nitro groups is 1. The first-order valence-electron chi connectivity index (χ1n) is 4.02. The van der Waals surface area contributed by atoms with Crippen LogP contribution in [0.3, 0.4) is 0 Å². The molecule has 0 atom stereocenters. The zero-order chi connectivity index (χ0) is 10.4. The van der Waals surface area contributed by atoms with E-state index in [-0.39, 0.29) is 5.69 Å². The van der Waals surface area contributed by atoms with Crippen molar-refractivity contribution < 1.29 is 9.31 Å². The van der Waals surface area contributed by atoms with E-state index in [1.165, 1.54) is 6.92 Å². The Kier molecular flexibility index (Phi) is 4.66. The molecule has 1 rings (SSSR count). The smallest absolute Gasteiger partial charge is 0.258 e. The van der Waals surface area contributed by atoms with E-state index >= 15 is 0 Å². The molecule has 1 aromatic rings. The lowest BCUT2D eigenvalue weighted by molar-refractivity contribution is -0.385. The summed E-state index contributed by atoms with van der Waals surface area (Å²) >= 11 is 0. The number of hydrogen-bond donors (Lipinski definition) is 0. The quantitative estimate of drug-likeness (QED) is 0.498. The summed E-state index contributed by atoms with van der Waals surface area (Å²) in [5.41, 5.74) is 0.293. The molecule has 72 valence electrons. The van der Waals surface area contributed by atoms with Crippen LogP contribution in [0.2, 0.25) is 0 Å². The summed E-state index contributed by atoms with van der Waals surface area (Å²) in [5.74, 6) is -0.451. The summed E-state index contributed by atoms with van der Waals surface area (Å²) in [7, 11) is 0. The fourth-order valence-electron chi connectivity index (χ4n) is 0.824. The van der Waals surface area contributed by atoms with Gasteiger partial charge in [-0.1, -0.05) is 13.8 Å². The van der Waals surface area contributed by atoms with E-state index in [2.05, 4.69) is 0 Å². The van der Waals surface area contributed by atoms with Crippen molar-refractivity contribution >= 4 is 5.69 Å². The Labute approximate surface area is 76.4 Å². The van der Waals surface area contributed by atoms with E-state index in [0.717, 1.165) is 18.2 Å². The van der Waals surface area contributed by atoms with Gasteiger partial charge in [0.2, 0.25) is 0 Å². The lowest BCUT2D eigenvalue weighted by atomic mass is 10.2. The van der Waals surface area contributed by atoms with Gasteiger partial charge in [0.1, 0.15) is 5.82 Å². The van der Waals surface area contributed by atoms with Gasteiger partial charge in [-0.2, -0.15) is 0 Å². The molecular weight excluding hydrogens is 173 g/mol. The minimum absolute atomic E-state index is 0.0496. The van der Waals surface area contributed by atoms with Crippen LogP contribution in [0.15, 0.2) is 18.2 Å². The van der Waals surface area contributed by atoms with Gasteiger partial charge < -0.3 is 0 Å². The molecular formula is C9H12FNO2. The molecule has 0 aliphatic carbocycles. The minimum Gasteiger partial charge on any atom is -0.258 e. The molecule has 0 aromatic heterocycles. The number of rotatable bonds is 1. The Morgan fingerprint density at radius 1 is 1.38 bits per heavy atom. The molecule has 0 aliphatic heterocycles. The molecule has 0 saturated carbocycles. The van der Waals surface area contributed by atoms with Gasteiger partial charge in [0.15, 0.2) is 0 Å². The maximum Gasteiger partial charge on any atom is 0.272 e. The second-order valence-electron chi connectivity index (χ2n) is 2.19. The number of benzene rings is 1. The third kappa shape index (κ3) is 3.19. The van der Waals surface area contributed by atoms with Crippen molar-refractivity contribution in [3.05, 3.63) is 39.7 Å². The number of hydrogen-bond acceptors (Lipinski definition) is 2. The standard InChI is InChI=1S/C7H6FNO2.C2H6/c1-5-4-6(8)2-3-7(5)9(10)11;1-2/h2-4H,1H3;1-2H3. The summed E-state index contributed by atoms with van der Waals surface area (Å²) in [6, 6.07) is 3.37. The molecule has 4 heteroatoms. The number of halogens is 1. The monoisotopic (exact) mass is 185 g/mol. The Balaban J connectivity index is 0.000000671. The van der Waals surface area contributed by atoms with Crippen LogP contribution in [-0.2, 0) is 0 Å². The fraction of sp³-hybridized carbons (Fsp3) is 0.333. The average Bonchev–Trinajstić information content (AvgIpc) is 2.07. The van der Waals surface area contributed by atoms with Crippen molar-refractivity contribution in [2.45, 2.75) is 20.8 Å². The maximum atomic E-state index is 12.4. The van der Waals surface area contributed by atoms with Gasteiger partial charge in [-0.15, -0.1) is 0 Å². The maximum absolute atomic E-state index is 12.4. The molecule has 0 N–H and O–H groups in total. The lowest BCUT2D eigenvalue weighted by Gasteiger charge is -1.94. The summed E-state index contributed by atoms with van der Waals surface area (Å²) < 4.78 is 12.4. The van der Waals surface area contributed by atoms with Gasteiger partial charge in [-0.3, -0.25) is 10.1 Å². The van der Waals surface area contributed by atoms with E-state index in [0.29, 0.717) is 5.56 Å².